The molecular weight excluding hydrogens is 190 g/mol. The zero-order valence-corrected chi connectivity index (χ0v) is 9.11. The van der Waals surface area contributed by atoms with E-state index in [1.165, 1.54) is 19.4 Å². The highest BCUT2D eigenvalue weighted by Crippen LogP contribution is 2.22. The Hall–Kier alpha value is -0.630. The van der Waals surface area contributed by atoms with E-state index in [1.54, 1.807) is 0 Å². The molecule has 0 bridgehead atoms. The van der Waals surface area contributed by atoms with E-state index in [2.05, 4.69) is 16.3 Å². The summed E-state index contributed by atoms with van der Waals surface area (Å²) in [5.74, 6) is 0. The summed E-state index contributed by atoms with van der Waals surface area (Å²) < 4.78 is 5.79. The third kappa shape index (κ3) is 2.91. The van der Waals surface area contributed by atoms with Crippen molar-refractivity contribution in [3.05, 3.63) is 0 Å². The number of fused-ring (bicyclic) bond motifs is 1. The first-order chi connectivity index (χ1) is 7.40. The van der Waals surface area contributed by atoms with Crippen LogP contribution in [0.5, 0.6) is 0 Å². The topological polar surface area (TPSA) is 48.3 Å². The smallest absolute Gasteiger partial charge is 0.0827 e. The van der Waals surface area contributed by atoms with Crippen molar-refractivity contribution in [3.63, 3.8) is 0 Å². The second-order valence-electron chi connectivity index (χ2n) is 4.36. The molecule has 2 atom stereocenters. The molecule has 84 valence electrons. The summed E-state index contributed by atoms with van der Waals surface area (Å²) in [7, 11) is 0. The number of nitrogens with zero attached hydrogens (tertiary/aromatic N) is 2. The molecule has 0 saturated carbocycles. The van der Waals surface area contributed by atoms with Crippen LogP contribution in [0.25, 0.3) is 0 Å². The molecule has 1 N–H and O–H groups in total. The Bertz CT molecular complexity index is 238. The van der Waals surface area contributed by atoms with E-state index >= 15 is 0 Å². The molecule has 4 heteroatoms. The van der Waals surface area contributed by atoms with Gasteiger partial charge < -0.3 is 10.1 Å². The summed E-state index contributed by atoms with van der Waals surface area (Å²) in [6, 6.07) is 2.81. The van der Waals surface area contributed by atoms with Crippen molar-refractivity contribution in [2.45, 2.75) is 31.4 Å². The Morgan fingerprint density at radius 2 is 2.47 bits per heavy atom. The zero-order chi connectivity index (χ0) is 10.5. The van der Waals surface area contributed by atoms with Gasteiger partial charge in [-0.15, -0.1) is 0 Å². The lowest BCUT2D eigenvalue weighted by Gasteiger charge is -2.35. The highest BCUT2D eigenvalue weighted by atomic mass is 16.5. The van der Waals surface area contributed by atoms with Gasteiger partial charge in [-0.05, 0) is 19.4 Å². The van der Waals surface area contributed by atoms with Gasteiger partial charge in [0.2, 0.25) is 0 Å². The molecule has 0 aromatic heterocycles. The molecule has 2 rings (SSSR count). The Morgan fingerprint density at radius 3 is 3.33 bits per heavy atom. The van der Waals surface area contributed by atoms with Crippen LogP contribution in [0.15, 0.2) is 0 Å². The van der Waals surface area contributed by atoms with Crippen molar-refractivity contribution in [1.29, 1.82) is 5.26 Å². The Kier molecular flexibility index (Phi) is 3.95. The average Bonchev–Trinajstić information content (AvgIpc) is 2.71. The number of hydrogen-bond donors (Lipinski definition) is 1. The van der Waals surface area contributed by atoms with Gasteiger partial charge in [0.25, 0.3) is 0 Å². The maximum Gasteiger partial charge on any atom is 0.0827 e. The lowest BCUT2D eigenvalue weighted by molar-refractivity contribution is -0.0467. The van der Waals surface area contributed by atoms with E-state index in [-0.39, 0.29) is 0 Å². The van der Waals surface area contributed by atoms with E-state index in [9.17, 15) is 0 Å². The maximum atomic E-state index is 8.40. The average molecular weight is 209 g/mol. The monoisotopic (exact) mass is 209 g/mol. The molecule has 2 aliphatic rings. The van der Waals surface area contributed by atoms with Crippen LogP contribution in [0.3, 0.4) is 0 Å². The van der Waals surface area contributed by atoms with Crippen molar-refractivity contribution in [2.75, 3.05) is 32.8 Å². The fourth-order valence-electron chi connectivity index (χ4n) is 2.42. The predicted molar refractivity (Wildman–Crippen MR) is 57.4 cm³/mol. The Morgan fingerprint density at radius 1 is 1.53 bits per heavy atom. The first-order valence-corrected chi connectivity index (χ1v) is 5.83. The molecule has 0 aliphatic carbocycles. The molecule has 15 heavy (non-hydrogen) atoms. The fourth-order valence-corrected chi connectivity index (χ4v) is 2.42. The SMILES string of the molecule is N#CCCNCC1CN2CCCC2CO1. The van der Waals surface area contributed by atoms with Crippen LogP contribution in [0, 0.1) is 11.3 Å². The van der Waals surface area contributed by atoms with Gasteiger partial charge in [0.15, 0.2) is 0 Å². The van der Waals surface area contributed by atoms with Crippen LogP contribution in [0.4, 0.5) is 0 Å². The molecule has 2 saturated heterocycles. The molecule has 2 aliphatic heterocycles. The van der Waals surface area contributed by atoms with Gasteiger partial charge in [-0.1, -0.05) is 0 Å². The van der Waals surface area contributed by atoms with Gasteiger partial charge in [0.05, 0.1) is 18.8 Å². The van der Waals surface area contributed by atoms with E-state index < -0.39 is 0 Å². The highest BCUT2D eigenvalue weighted by molar-refractivity contribution is 4.86. The van der Waals surface area contributed by atoms with Gasteiger partial charge in [-0.2, -0.15) is 5.26 Å². The predicted octanol–water partition coefficient (Wildman–Crippen LogP) is 0.353. The molecule has 0 radical (unpaired) electrons. The van der Waals surface area contributed by atoms with Gasteiger partial charge in [0.1, 0.15) is 0 Å². The van der Waals surface area contributed by atoms with E-state index in [0.717, 1.165) is 26.2 Å². The van der Waals surface area contributed by atoms with Crippen molar-refractivity contribution in [1.82, 2.24) is 10.2 Å². The minimum absolute atomic E-state index is 0.318. The van der Waals surface area contributed by atoms with Crippen molar-refractivity contribution < 1.29 is 4.74 Å². The first-order valence-electron chi connectivity index (χ1n) is 5.83. The van der Waals surface area contributed by atoms with Crippen molar-refractivity contribution >= 4 is 0 Å². The standard InChI is InChI=1S/C11H19N3O/c12-4-2-5-13-7-11-8-14-6-1-3-10(14)9-15-11/h10-11,13H,1-3,5-9H2. The lowest BCUT2D eigenvalue weighted by atomic mass is 10.2. The minimum Gasteiger partial charge on any atom is -0.374 e. The van der Waals surface area contributed by atoms with Crippen LogP contribution >= 0.6 is 0 Å². The third-order valence-corrected chi connectivity index (χ3v) is 3.25. The number of rotatable bonds is 4. The van der Waals surface area contributed by atoms with E-state index in [1.807, 2.05) is 0 Å². The summed E-state index contributed by atoms with van der Waals surface area (Å²) >= 11 is 0. The Balaban J connectivity index is 1.65. The van der Waals surface area contributed by atoms with Gasteiger partial charge in [-0.25, -0.2) is 0 Å². The second kappa shape index (κ2) is 5.45. The number of morpholine rings is 1. The second-order valence-corrected chi connectivity index (χ2v) is 4.36. The summed E-state index contributed by atoms with van der Waals surface area (Å²) in [4.78, 5) is 2.54. The number of hydrogen-bond acceptors (Lipinski definition) is 4. The fraction of sp³-hybridized carbons (Fsp3) is 0.909. The van der Waals surface area contributed by atoms with Crippen LogP contribution < -0.4 is 5.32 Å². The zero-order valence-electron chi connectivity index (χ0n) is 9.11. The van der Waals surface area contributed by atoms with Crippen molar-refractivity contribution in [3.8, 4) is 6.07 Å². The third-order valence-electron chi connectivity index (χ3n) is 3.25. The van der Waals surface area contributed by atoms with Crippen LogP contribution in [0.1, 0.15) is 19.3 Å². The highest BCUT2D eigenvalue weighted by Gasteiger charge is 2.31. The van der Waals surface area contributed by atoms with Gasteiger partial charge in [-0.3, -0.25) is 4.90 Å². The summed E-state index contributed by atoms with van der Waals surface area (Å²) in [5, 5.41) is 11.7. The van der Waals surface area contributed by atoms with Gasteiger partial charge >= 0.3 is 0 Å². The molecule has 2 unspecified atom stereocenters. The van der Waals surface area contributed by atoms with Crippen LogP contribution in [-0.4, -0.2) is 49.8 Å². The van der Waals surface area contributed by atoms with Crippen LogP contribution in [0.2, 0.25) is 0 Å². The first kappa shape index (κ1) is 10.9. The molecule has 0 amide bonds. The number of nitrogens with one attached hydrogen (secondary N) is 1. The molecule has 2 heterocycles. The summed E-state index contributed by atoms with van der Waals surface area (Å²) in [6.45, 7) is 4.85. The van der Waals surface area contributed by atoms with E-state index in [0.29, 0.717) is 18.6 Å². The number of ether oxygens (including phenoxy) is 1. The lowest BCUT2D eigenvalue weighted by Crippen LogP contribution is -2.49. The molecule has 0 spiro atoms. The van der Waals surface area contributed by atoms with Gasteiger partial charge in [0, 0.05) is 32.1 Å². The molecule has 0 aromatic rings. The van der Waals surface area contributed by atoms with Crippen LogP contribution in [-0.2, 0) is 4.74 Å². The van der Waals surface area contributed by atoms with E-state index in [4.69, 9.17) is 10.00 Å². The quantitative estimate of drug-likeness (QED) is 0.679. The number of nitriles is 1. The Labute approximate surface area is 91.2 Å². The summed E-state index contributed by atoms with van der Waals surface area (Å²) in [5.41, 5.74) is 0. The summed E-state index contributed by atoms with van der Waals surface area (Å²) in [6.07, 6.45) is 3.52. The molecule has 0 aromatic carbocycles. The molecular formula is C11H19N3O. The minimum atomic E-state index is 0.318. The maximum absolute atomic E-state index is 8.40. The normalized spacial score (nSPS) is 31.1. The van der Waals surface area contributed by atoms with Crippen molar-refractivity contribution in [2.24, 2.45) is 0 Å². The largest absolute Gasteiger partial charge is 0.374 e. The molecule has 4 nitrogen and oxygen atoms in total. The molecule has 2 fully saturated rings.